The number of carbonyl (C=O) groups excluding carboxylic acids is 1. The maximum absolute atomic E-state index is 12.8. The number of benzene rings is 1. The number of rotatable bonds is 9. The molecular weight excluding hydrogens is 432 g/mol. The van der Waals surface area contributed by atoms with E-state index in [-0.39, 0.29) is 11.5 Å². The average Bonchev–Trinajstić information content (AvgIpc) is 2.83. The van der Waals surface area contributed by atoms with Crippen LogP contribution in [-0.4, -0.2) is 88.3 Å². The van der Waals surface area contributed by atoms with E-state index in [0.29, 0.717) is 75.3 Å². The van der Waals surface area contributed by atoms with E-state index in [0.717, 1.165) is 38.9 Å². The zero-order valence-electron chi connectivity index (χ0n) is 18.7. The van der Waals surface area contributed by atoms with Crippen molar-refractivity contribution in [3.05, 3.63) is 23.8 Å². The topological polar surface area (TPSA) is 85.4 Å². The summed E-state index contributed by atoms with van der Waals surface area (Å²) in [6.07, 6.45) is 4.15. The molecule has 1 aromatic carbocycles. The Morgan fingerprint density at radius 1 is 1.00 bits per heavy atom. The van der Waals surface area contributed by atoms with Crippen molar-refractivity contribution in [2.24, 2.45) is 5.92 Å². The van der Waals surface area contributed by atoms with Crippen molar-refractivity contribution in [2.45, 2.75) is 32.1 Å². The fraction of sp³-hybridized carbons (Fsp3) is 0.696. The van der Waals surface area contributed by atoms with E-state index in [2.05, 4.69) is 4.90 Å². The van der Waals surface area contributed by atoms with Crippen LogP contribution in [0.25, 0.3) is 0 Å². The summed E-state index contributed by atoms with van der Waals surface area (Å²) in [4.78, 5) is 15.1. The first-order valence-electron chi connectivity index (χ1n) is 11.7. The number of hydrogen-bond acceptors (Lipinski definition) is 7. The van der Waals surface area contributed by atoms with Crippen molar-refractivity contribution in [1.82, 2.24) is 9.21 Å². The monoisotopic (exact) mass is 466 g/mol. The normalized spacial score (nSPS) is 20.9. The fourth-order valence-corrected chi connectivity index (χ4v) is 6.14. The molecule has 0 spiro atoms. The molecule has 9 heteroatoms. The minimum absolute atomic E-state index is 0.114. The van der Waals surface area contributed by atoms with Gasteiger partial charge in [0.2, 0.25) is 10.0 Å². The second kappa shape index (κ2) is 11.0. The van der Waals surface area contributed by atoms with Crippen molar-refractivity contribution in [3.63, 3.8) is 0 Å². The Labute approximate surface area is 190 Å². The van der Waals surface area contributed by atoms with Crippen molar-refractivity contribution in [1.29, 1.82) is 0 Å². The van der Waals surface area contributed by atoms with Gasteiger partial charge in [-0.05, 0) is 63.4 Å². The van der Waals surface area contributed by atoms with Crippen LogP contribution in [-0.2, 0) is 14.8 Å². The Kier molecular flexibility index (Phi) is 8.04. The van der Waals surface area contributed by atoms with E-state index in [4.69, 9.17) is 14.2 Å². The number of Topliss-reactive ketones (excluding diaryl/α,β-unsaturated/α-hetero) is 1. The zero-order valence-corrected chi connectivity index (χ0v) is 19.5. The summed E-state index contributed by atoms with van der Waals surface area (Å²) in [7, 11) is -3.18. The lowest BCUT2D eigenvalue weighted by atomic mass is 9.90. The maximum Gasteiger partial charge on any atom is 0.214 e. The molecule has 2 saturated heterocycles. The summed E-state index contributed by atoms with van der Waals surface area (Å²) in [5.41, 5.74) is 0.626. The molecule has 3 heterocycles. The molecule has 0 bridgehead atoms. The van der Waals surface area contributed by atoms with Gasteiger partial charge in [-0.15, -0.1) is 0 Å². The maximum atomic E-state index is 12.8. The average molecular weight is 467 g/mol. The molecule has 4 rings (SSSR count). The molecule has 0 N–H and O–H groups in total. The lowest BCUT2D eigenvalue weighted by Gasteiger charge is -2.32. The lowest BCUT2D eigenvalue weighted by molar-refractivity contribution is 0.0729. The van der Waals surface area contributed by atoms with Crippen LogP contribution in [0.3, 0.4) is 0 Å². The molecule has 3 aliphatic heterocycles. The van der Waals surface area contributed by atoms with Crippen molar-refractivity contribution in [2.75, 3.05) is 64.9 Å². The molecule has 3 aliphatic rings. The number of morpholine rings is 1. The molecule has 0 saturated carbocycles. The molecule has 0 radical (unpaired) electrons. The molecular formula is C23H34N2O6S. The van der Waals surface area contributed by atoms with Gasteiger partial charge in [-0.1, -0.05) is 6.07 Å². The van der Waals surface area contributed by atoms with Crippen LogP contribution in [0, 0.1) is 5.92 Å². The minimum atomic E-state index is -3.18. The van der Waals surface area contributed by atoms with Gasteiger partial charge in [-0.2, -0.15) is 4.31 Å². The number of ketones is 1. The van der Waals surface area contributed by atoms with Gasteiger partial charge in [-0.3, -0.25) is 4.79 Å². The van der Waals surface area contributed by atoms with Gasteiger partial charge in [0.15, 0.2) is 17.3 Å². The summed E-state index contributed by atoms with van der Waals surface area (Å²) in [5, 5.41) is 0. The van der Waals surface area contributed by atoms with Crippen molar-refractivity contribution >= 4 is 15.8 Å². The summed E-state index contributed by atoms with van der Waals surface area (Å²) in [6, 6.07) is 5.51. The molecule has 8 nitrogen and oxygen atoms in total. The Hall–Kier alpha value is -1.68. The van der Waals surface area contributed by atoms with Gasteiger partial charge in [-0.25, -0.2) is 8.42 Å². The van der Waals surface area contributed by atoms with Gasteiger partial charge < -0.3 is 19.1 Å². The van der Waals surface area contributed by atoms with Gasteiger partial charge in [0.05, 0.1) is 24.5 Å². The second-order valence-electron chi connectivity index (χ2n) is 8.76. The van der Waals surface area contributed by atoms with Crippen molar-refractivity contribution < 1.29 is 27.4 Å². The molecule has 1 aromatic rings. The van der Waals surface area contributed by atoms with Crippen LogP contribution in [0.1, 0.15) is 42.5 Å². The number of sulfonamides is 1. The van der Waals surface area contributed by atoms with E-state index in [1.807, 2.05) is 18.2 Å². The number of para-hydroxylation sites is 1. The number of hydrogen-bond donors (Lipinski definition) is 0. The summed E-state index contributed by atoms with van der Waals surface area (Å²) >= 11 is 0. The molecule has 178 valence electrons. The van der Waals surface area contributed by atoms with Crippen LogP contribution in [0.15, 0.2) is 18.2 Å². The van der Waals surface area contributed by atoms with Crippen LogP contribution >= 0.6 is 0 Å². The van der Waals surface area contributed by atoms with Gasteiger partial charge >= 0.3 is 0 Å². The largest absolute Gasteiger partial charge is 0.486 e. The molecule has 0 atom stereocenters. The number of ether oxygens (including phenoxy) is 3. The Balaban J connectivity index is 1.16. The highest BCUT2D eigenvalue weighted by molar-refractivity contribution is 7.89. The summed E-state index contributed by atoms with van der Waals surface area (Å²) in [6.45, 7) is 5.65. The van der Waals surface area contributed by atoms with Gasteiger partial charge in [0, 0.05) is 19.5 Å². The smallest absolute Gasteiger partial charge is 0.214 e. The van der Waals surface area contributed by atoms with Gasteiger partial charge in [0.25, 0.3) is 0 Å². The van der Waals surface area contributed by atoms with Gasteiger partial charge in [0.1, 0.15) is 13.2 Å². The first-order chi connectivity index (χ1) is 15.5. The summed E-state index contributed by atoms with van der Waals surface area (Å²) in [5.74, 6) is 2.10. The first kappa shape index (κ1) is 23.5. The van der Waals surface area contributed by atoms with Crippen LogP contribution in [0.4, 0.5) is 0 Å². The first-order valence-corrected chi connectivity index (χ1v) is 13.3. The third kappa shape index (κ3) is 6.01. The third-order valence-electron chi connectivity index (χ3n) is 6.59. The highest BCUT2D eigenvalue weighted by Gasteiger charge is 2.26. The van der Waals surface area contributed by atoms with E-state index >= 15 is 0 Å². The number of likely N-dealkylation sites (tertiary alicyclic amines) is 1. The molecule has 0 aliphatic carbocycles. The third-order valence-corrected chi connectivity index (χ3v) is 8.55. The highest BCUT2D eigenvalue weighted by atomic mass is 32.2. The lowest BCUT2D eigenvalue weighted by Crippen LogP contribution is -2.42. The number of nitrogens with zero attached hydrogens (tertiary/aromatic N) is 2. The Morgan fingerprint density at radius 2 is 1.75 bits per heavy atom. The van der Waals surface area contributed by atoms with E-state index in [1.54, 1.807) is 4.31 Å². The summed E-state index contributed by atoms with van der Waals surface area (Å²) < 4.78 is 42.9. The number of piperidine rings is 1. The molecule has 2 fully saturated rings. The molecule has 32 heavy (non-hydrogen) atoms. The predicted octanol–water partition coefficient (Wildman–Crippen LogP) is 2.18. The molecule has 0 amide bonds. The number of carbonyl (C=O) groups is 1. The number of fused-ring (bicyclic) bond motifs is 1. The minimum Gasteiger partial charge on any atom is -0.486 e. The molecule has 0 unspecified atom stereocenters. The fourth-order valence-electron chi connectivity index (χ4n) is 4.69. The quantitative estimate of drug-likeness (QED) is 0.516. The van der Waals surface area contributed by atoms with Crippen LogP contribution < -0.4 is 9.47 Å². The second-order valence-corrected chi connectivity index (χ2v) is 10.8. The van der Waals surface area contributed by atoms with Crippen LogP contribution in [0.5, 0.6) is 11.5 Å². The predicted molar refractivity (Wildman–Crippen MR) is 121 cm³/mol. The van der Waals surface area contributed by atoms with Crippen LogP contribution in [0.2, 0.25) is 0 Å². The van der Waals surface area contributed by atoms with E-state index in [1.165, 1.54) is 0 Å². The highest BCUT2D eigenvalue weighted by Crippen LogP contribution is 2.35. The Bertz CT molecular complexity index is 876. The SMILES string of the molecule is O=C(CCC1CCN(CCCS(=O)(=O)N2CCOCC2)CC1)c1cccc2c1OCCO2. The van der Waals surface area contributed by atoms with E-state index in [9.17, 15) is 13.2 Å². The van der Waals surface area contributed by atoms with E-state index < -0.39 is 10.0 Å². The standard InChI is InChI=1S/C23H34N2O6S/c26-21(20-3-1-4-22-23(20)31-17-16-30-22)6-5-19-7-10-24(11-8-19)9-2-18-32(27,28)25-12-14-29-15-13-25/h1,3-4,19H,2,5-18H2. The van der Waals surface area contributed by atoms with Crippen molar-refractivity contribution in [3.8, 4) is 11.5 Å². The molecule has 0 aromatic heterocycles. The Morgan fingerprint density at radius 3 is 2.53 bits per heavy atom. The zero-order chi connectivity index (χ0) is 22.4.